The first kappa shape index (κ1) is 49.5. The molecule has 90 heavy (non-hydrogen) atoms. The average Bonchev–Trinajstić information content (AvgIpc) is 1.48. The molecule has 0 fully saturated rings. The van der Waals surface area contributed by atoms with Crippen LogP contribution in [0.3, 0.4) is 0 Å². The molecule has 0 saturated heterocycles. The monoisotopic (exact) mass is 1160 g/mol. The summed E-state index contributed by atoms with van der Waals surface area (Å²) < 4.78 is 27.4. The van der Waals surface area contributed by atoms with Crippen molar-refractivity contribution in [2.45, 2.75) is 19.6 Å². The Morgan fingerprint density at radius 1 is 0.189 bits per heavy atom. The van der Waals surface area contributed by atoms with Crippen LogP contribution in [0.5, 0.6) is 0 Å². The molecule has 0 amide bonds. The van der Waals surface area contributed by atoms with Crippen molar-refractivity contribution < 1.29 is 4.21 Å². The number of fused-ring (bicyclic) bond motifs is 22. The van der Waals surface area contributed by atoms with Gasteiger partial charge in [0.05, 0.1) is 44.1 Å². The van der Waals surface area contributed by atoms with E-state index in [0.29, 0.717) is 0 Å². The fourth-order valence-electron chi connectivity index (χ4n) is 16.0. The number of hydrogen-bond acceptors (Lipinski definition) is 1. The third-order valence-corrected chi connectivity index (χ3v) is 24.7. The quantitative estimate of drug-likeness (QED) is 0.163. The molecule has 2 aliphatic rings. The van der Waals surface area contributed by atoms with Gasteiger partial charge in [0.25, 0.3) is 0 Å². The van der Waals surface area contributed by atoms with Crippen LogP contribution >= 0.6 is 0 Å². The van der Waals surface area contributed by atoms with Crippen LogP contribution in [0.15, 0.2) is 335 Å². The van der Waals surface area contributed by atoms with Crippen molar-refractivity contribution >= 4 is 96.3 Å². The van der Waals surface area contributed by atoms with Gasteiger partial charge < -0.3 is 18.3 Å². The molecule has 20 rings (SSSR count). The summed E-state index contributed by atoms with van der Waals surface area (Å²) in [5.74, 6) is 0. The molecule has 0 aliphatic carbocycles. The van der Waals surface area contributed by atoms with Crippen LogP contribution in [-0.2, 0) is 9.07 Å². The highest BCUT2D eigenvalue weighted by Crippen LogP contribution is 2.71. The van der Waals surface area contributed by atoms with Crippen molar-refractivity contribution in [3.05, 3.63) is 315 Å². The molecule has 0 saturated carbocycles. The van der Waals surface area contributed by atoms with E-state index >= 15 is 4.21 Å². The summed E-state index contributed by atoms with van der Waals surface area (Å²) in [5.41, 5.74) is 22.3. The predicted molar refractivity (Wildman–Crippen MR) is 373 cm³/mol. The highest BCUT2D eigenvalue weighted by molar-refractivity contribution is 8.21. The zero-order valence-electron chi connectivity index (χ0n) is 48.6. The van der Waals surface area contributed by atoms with Crippen molar-refractivity contribution in [1.82, 2.24) is 18.3 Å². The maximum atomic E-state index is 17.8. The topological polar surface area (TPSA) is 36.8 Å². The molecule has 0 atom stereocenters. The largest absolute Gasteiger partial charge is 0.309 e. The minimum absolute atomic E-state index is 0.871. The fourth-order valence-corrected chi connectivity index (χ4v) is 21.1. The number of rotatable bonds is 6. The summed E-state index contributed by atoms with van der Waals surface area (Å²) in [5, 5.41) is 9.76. The molecule has 6 heterocycles. The third-order valence-electron chi connectivity index (χ3n) is 19.9. The van der Waals surface area contributed by atoms with Crippen LogP contribution in [0.4, 0.5) is 0 Å². The van der Waals surface area contributed by atoms with Crippen LogP contribution in [0.2, 0.25) is 0 Å². The Kier molecular flexibility index (Phi) is 9.92. The van der Waals surface area contributed by atoms with Crippen LogP contribution in [0.1, 0.15) is 0 Å². The molecular formula is C84H52N4OS. The maximum absolute atomic E-state index is 17.8. The summed E-state index contributed by atoms with van der Waals surface area (Å²) in [7, 11) is -4.12. The Morgan fingerprint density at radius 2 is 0.456 bits per heavy atom. The smallest absolute Gasteiger partial charge is 0.0548 e. The van der Waals surface area contributed by atoms with Crippen molar-refractivity contribution in [2.24, 2.45) is 0 Å². The summed E-state index contributed by atoms with van der Waals surface area (Å²) in [6.45, 7) is 0. The molecule has 18 aromatic rings. The van der Waals surface area contributed by atoms with E-state index in [2.05, 4.69) is 334 Å². The molecule has 6 heteroatoms. The van der Waals surface area contributed by atoms with Crippen LogP contribution < -0.4 is 0 Å². The van der Waals surface area contributed by atoms with Gasteiger partial charge in [-0.15, -0.1) is 0 Å². The van der Waals surface area contributed by atoms with Gasteiger partial charge in [-0.25, -0.2) is 0 Å². The van der Waals surface area contributed by atoms with Crippen molar-refractivity contribution in [3.63, 3.8) is 0 Å². The van der Waals surface area contributed by atoms with Gasteiger partial charge in [-0.1, -0.05) is 182 Å². The minimum atomic E-state index is -4.12. The van der Waals surface area contributed by atoms with E-state index in [4.69, 9.17) is 0 Å². The van der Waals surface area contributed by atoms with Gasteiger partial charge in [-0.05, 0) is 178 Å². The predicted octanol–water partition coefficient (Wildman–Crippen LogP) is 21.7. The van der Waals surface area contributed by atoms with Crippen molar-refractivity contribution in [3.8, 4) is 67.3 Å². The van der Waals surface area contributed by atoms with Crippen LogP contribution in [0.25, 0.3) is 154 Å². The average molecular weight is 1170 g/mol. The molecule has 420 valence electrons. The second-order valence-electron chi connectivity index (χ2n) is 24.3. The van der Waals surface area contributed by atoms with E-state index in [9.17, 15) is 0 Å². The normalized spacial score (nSPS) is 14.1. The fraction of sp³-hybridized carbons (Fsp3) is 0. The lowest BCUT2D eigenvalue weighted by Crippen LogP contribution is -2.30. The van der Waals surface area contributed by atoms with Gasteiger partial charge in [0.1, 0.15) is 0 Å². The Bertz CT molecular complexity index is 5820. The third kappa shape index (κ3) is 6.41. The van der Waals surface area contributed by atoms with Crippen LogP contribution in [-0.4, -0.2) is 22.5 Å². The van der Waals surface area contributed by atoms with Gasteiger partial charge in [0.15, 0.2) is 0 Å². The lowest BCUT2D eigenvalue weighted by Gasteiger charge is -2.38. The molecule has 5 nitrogen and oxygen atoms in total. The zero-order valence-corrected chi connectivity index (χ0v) is 49.4. The first-order valence-corrected chi connectivity index (χ1v) is 32.8. The van der Waals surface area contributed by atoms with E-state index in [0.717, 1.165) is 97.9 Å². The SMILES string of the molecule is O=S12(c3ccccc3-c3cc(-c4ccc(-n5c6ccccc6c6cc7c(cc65)c5ccccc5n7-c5ccccc5)cc4)ccc31)c1ccccc1-c1cc(-c3ccc(-n4c5ccccc5c5cc6c(cc54)c4ccccc4n6-c4ccccc4)cc3)ccc12. The second kappa shape index (κ2) is 18.0. The second-order valence-corrected chi connectivity index (χ2v) is 28.0. The van der Waals surface area contributed by atoms with Crippen LogP contribution in [0, 0.1) is 0 Å². The van der Waals surface area contributed by atoms with Crippen molar-refractivity contribution in [2.75, 3.05) is 0 Å². The van der Waals surface area contributed by atoms with Gasteiger partial charge in [0, 0.05) is 94.5 Å². The number of hydrogen-bond donors (Lipinski definition) is 0. The standard InChI is InChI=1S/C84H52N4OS/c89-90(81-33-17-11-27-65(81)71-47-55(39-45-83(71)90)53-35-41-59(42-36-53)87-75-31-15-9-25-63(75)69-49-77-67(51-79(69)87)61-23-7-13-29-73(61)85(77)57-19-3-1-4-20-57)82-34-18-12-28-66(82)72-48-56(40-46-84(72)90)54-37-43-60(44-38-54)88-76-32-16-10-26-64(76)70-50-78-68(52-80(70)88)62-24-8-14-30-74(62)86(78)58-21-5-2-6-22-58/h1-52H. The van der Waals surface area contributed by atoms with E-state index in [1.54, 1.807) is 0 Å². The zero-order chi connectivity index (χ0) is 59.0. The molecule has 0 bridgehead atoms. The Morgan fingerprint density at radius 3 is 0.800 bits per heavy atom. The minimum Gasteiger partial charge on any atom is -0.309 e. The van der Waals surface area contributed by atoms with E-state index < -0.39 is 9.07 Å². The Labute approximate surface area is 517 Å². The number of nitrogens with zero attached hydrogens (tertiary/aromatic N) is 4. The molecule has 0 unspecified atom stereocenters. The molecule has 0 radical (unpaired) electrons. The number of para-hydroxylation sites is 6. The van der Waals surface area contributed by atoms with Gasteiger partial charge >= 0.3 is 0 Å². The highest BCUT2D eigenvalue weighted by Gasteiger charge is 2.57. The lowest BCUT2D eigenvalue weighted by atomic mass is 9.99. The first-order valence-electron chi connectivity index (χ1n) is 30.9. The van der Waals surface area contributed by atoms with E-state index in [-0.39, 0.29) is 0 Å². The Balaban J connectivity index is 0.683. The Hall–Kier alpha value is -11.6. The van der Waals surface area contributed by atoms with Gasteiger partial charge in [-0.2, -0.15) is 0 Å². The molecule has 14 aromatic carbocycles. The van der Waals surface area contributed by atoms with Gasteiger partial charge in [-0.3, -0.25) is 4.21 Å². The van der Waals surface area contributed by atoms with E-state index in [1.165, 1.54) is 76.2 Å². The molecular weight excluding hydrogens is 1110 g/mol. The molecule has 1 spiro atoms. The number of benzene rings is 14. The van der Waals surface area contributed by atoms with Crippen molar-refractivity contribution in [1.29, 1.82) is 0 Å². The van der Waals surface area contributed by atoms with Gasteiger partial charge in [0.2, 0.25) is 0 Å². The number of aromatic nitrogens is 4. The summed E-state index contributed by atoms with van der Waals surface area (Å²) in [4.78, 5) is 3.49. The van der Waals surface area contributed by atoms with E-state index in [1.807, 2.05) is 0 Å². The highest BCUT2D eigenvalue weighted by atomic mass is 32.3. The molecule has 4 aromatic heterocycles. The summed E-state index contributed by atoms with van der Waals surface area (Å²) in [6, 6.07) is 114. The molecule has 0 N–H and O–H groups in total. The lowest BCUT2D eigenvalue weighted by molar-refractivity contribution is 0.658. The first-order chi connectivity index (χ1) is 44.5. The summed E-state index contributed by atoms with van der Waals surface area (Å²) in [6.07, 6.45) is 0. The molecule has 2 aliphatic heterocycles. The maximum Gasteiger partial charge on any atom is 0.0548 e. The summed E-state index contributed by atoms with van der Waals surface area (Å²) >= 11 is 0.